The van der Waals surface area contributed by atoms with Gasteiger partial charge in [-0.05, 0) is 74.4 Å². The fourth-order valence-corrected chi connectivity index (χ4v) is 6.62. The summed E-state index contributed by atoms with van der Waals surface area (Å²) in [5.74, 6) is 0.734. The second kappa shape index (κ2) is 12.9. The molecule has 1 aliphatic heterocycles. The van der Waals surface area contributed by atoms with Gasteiger partial charge in [0, 0.05) is 66.0 Å². The SMILES string of the molecule is CCOc1cc(C2C3=C(CCCC3=O)N(CCCOC)C3=C2C(=O)CCC3)cc(Cl)c1OCc1ccc(Br)cc1. The number of ether oxygens (including phenoxy) is 3. The fourth-order valence-electron chi connectivity index (χ4n) is 6.08. The van der Waals surface area contributed by atoms with E-state index in [1.807, 2.05) is 43.3 Å². The number of nitrogens with zero attached hydrogens (tertiary/aromatic N) is 1. The molecule has 0 saturated heterocycles. The molecule has 0 bridgehead atoms. The summed E-state index contributed by atoms with van der Waals surface area (Å²) >= 11 is 10.3. The van der Waals surface area contributed by atoms with Gasteiger partial charge in [0.1, 0.15) is 6.61 Å². The zero-order valence-corrected chi connectivity index (χ0v) is 25.4. The predicted octanol–water partition coefficient (Wildman–Crippen LogP) is 7.53. The number of ketones is 2. The van der Waals surface area contributed by atoms with E-state index < -0.39 is 5.92 Å². The first-order valence-electron chi connectivity index (χ1n) is 14.0. The van der Waals surface area contributed by atoms with Crippen LogP contribution in [-0.4, -0.2) is 43.3 Å². The molecule has 0 fully saturated rings. The van der Waals surface area contributed by atoms with Gasteiger partial charge in [-0.3, -0.25) is 9.59 Å². The van der Waals surface area contributed by atoms with Gasteiger partial charge < -0.3 is 19.1 Å². The highest BCUT2D eigenvalue weighted by molar-refractivity contribution is 9.10. The predicted molar refractivity (Wildman–Crippen MR) is 159 cm³/mol. The number of hydrogen-bond donors (Lipinski definition) is 0. The third kappa shape index (κ3) is 5.88. The summed E-state index contributed by atoms with van der Waals surface area (Å²) in [6, 6.07) is 11.7. The molecule has 2 aromatic rings. The quantitative estimate of drug-likeness (QED) is 0.254. The monoisotopic (exact) mass is 627 g/mol. The zero-order chi connectivity index (χ0) is 28.2. The van der Waals surface area contributed by atoms with Gasteiger partial charge in [0.05, 0.1) is 11.6 Å². The molecule has 212 valence electrons. The van der Waals surface area contributed by atoms with Gasteiger partial charge >= 0.3 is 0 Å². The second-order valence-corrected chi connectivity index (χ2v) is 11.7. The first-order valence-corrected chi connectivity index (χ1v) is 15.2. The molecule has 0 atom stereocenters. The van der Waals surface area contributed by atoms with E-state index in [2.05, 4.69) is 20.8 Å². The third-order valence-corrected chi connectivity index (χ3v) is 8.59. The maximum Gasteiger partial charge on any atom is 0.180 e. The molecule has 0 aromatic heterocycles. The first-order chi connectivity index (χ1) is 19.4. The maximum atomic E-state index is 13.6. The number of carbonyl (C=O) groups is 2. The molecule has 3 aliphatic rings. The van der Waals surface area contributed by atoms with E-state index >= 15 is 0 Å². The van der Waals surface area contributed by atoms with Gasteiger partial charge in [-0.15, -0.1) is 0 Å². The summed E-state index contributed by atoms with van der Waals surface area (Å²) in [5, 5.41) is 0.399. The highest BCUT2D eigenvalue weighted by atomic mass is 79.9. The largest absolute Gasteiger partial charge is 0.490 e. The van der Waals surface area contributed by atoms with Crippen molar-refractivity contribution in [3.63, 3.8) is 0 Å². The lowest BCUT2D eigenvalue weighted by Gasteiger charge is -2.44. The van der Waals surface area contributed by atoms with Gasteiger partial charge in [0.2, 0.25) is 0 Å². The molecule has 0 N–H and O–H groups in total. The Kier molecular flexibility index (Phi) is 9.34. The normalized spacial score (nSPS) is 17.8. The van der Waals surface area contributed by atoms with Crippen LogP contribution >= 0.6 is 27.5 Å². The van der Waals surface area contributed by atoms with Crippen molar-refractivity contribution < 1.29 is 23.8 Å². The van der Waals surface area contributed by atoms with Crippen LogP contribution in [0.3, 0.4) is 0 Å². The van der Waals surface area contributed by atoms with Crippen LogP contribution in [0, 0.1) is 0 Å². The van der Waals surface area contributed by atoms with Crippen molar-refractivity contribution in [1.29, 1.82) is 0 Å². The van der Waals surface area contributed by atoms with Gasteiger partial charge in [-0.25, -0.2) is 0 Å². The highest BCUT2D eigenvalue weighted by Crippen LogP contribution is 2.51. The molecular weight excluding hydrogens is 594 g/mol. The van der Waals surface area contributed by atoms with Crippen molar-refractivity contribution >= 4 is 39.1 Å². The van der Waals surface area contributed by atoms with E-state index in [0.717, 1.165) is 76.8 Å². The average molecular weight is 629 g/mol. The summed E-state index contributed by atoms with van der Waals surface area (Å²) in [5.41, 5.74) is 5.37. The topological polar surface area (TPSA) is 65.1 Å². The molecular formula is C32H35BrClNO5. The number of hydrogen-bond acceptors (Lipinski definition) is 6. The zero-order valence-electron chi connectivity index (χ0n) is 23.1. The Morgan fingerprint density at radius 1 is 0.950 bits per heavy atom. The Balaban J connectivity index is 1.58. The summed E-state index contributed by atoms with van der Waals surface area (Å²) < 4.78 is 18.5. The molecule has 5 rings (SSSR count). The average Bonchev–Trinajstić information content (AvgIpc) is 2.94. The number of carbonyl (C=O) groups excluding carboxylic acids is 2. The maximum absolute atomic E-state index is 13.6. The van der Waals surface area contributed by atoms with Crippen LogP contribution in [0.1, 0.15) is 68.9 Å². The number of rotatable bonds is 10. The highest BCUT2D eigenvalue weighted by Gasteiger charge is 2.43. The lowest BCUT2D eigenvalue weighted by Crippen LogP contribution is -2.39. The summed E-state index contributed by atoms with van der Waals surface area (Å²) in [7, 11) is 1.70. The van der Waals surface area contributed by atoms with E-state index in [1.165, 1.54) is 0 Å². The lowest BCUT2D eigenvalue weighted by molar-refractivity contribution is -0.117. The fraction of sp³-hybridized carbons (Fsp3) is 0.438. The van der Waals surface area contributed by atoms with Gasteiger partial charge in [0.25, 0.3) is 0 Å². The minimum Gasteiger partial charge on any atom is -0.490 e. The minimum absolute atomic E-state index is 0.109. The summed E-state index contributed by atoms with van der Waals surface area (Å²) in [6.45, 7) is 4.02. The van der Waals surface area contributed by atoms with Gasteiger partial charge in [-0.2, -0.15) is 0 Å². The molecule has 40 heavy (non-hydrogen) atoms. The standard InChI is InChI=1S/C32H35BrClNO5/c1-3-39-28-18-21(17-23(34)32(28)40-19-20-11-13-22(33)14-12-20)29-30-24(7-4-9-26(30)36)35(15-6-16-38-2)25-8-5-10-27(37)31(25)29/h11-14,17-18,29H,3-10,15-16,19H2,1-2H3. The van der Waals surface area contributed by atoms with Gasteiger partial charge in [-0.1, -0.05) is 39.7 Å². The van der Waals surface area contributed by atoms with Crippen molar-refractivity contribution in [2.24, 2.45) is 0 Å². The summed E-state index contributed by atoms with van der Waals surface area (Å²) in [6.07, 6.45) is 5.05. The van der Waals surface area contributed by atoms with Crippen LogP contribution in [0.5, 0.6) is 11.5 Å². The van der Waals surface area contributed by atoms with E-state index in [1.54, 1.807) is 7.11 Å². The third-order valence-electron chi connectivity index (χ3n) is 7.78. The lowest BCUT2D eigenvalue weighted by atomic mass is 9.71. The molecule has 0 spiro atoms. The molecule has 1 heterocycles. The Morgan fingerprint density at radius 2 is 1.60 bits per heavy atom. The molecule has 2 aromatic carbocycles. The van der Waals surface area contributed by atoms with Crippen molar-refractivity contribution in [3.05, 3.63) is 79.6 Å². The van der Waals surface area contributed by atoms with Crippen LogP contribution < -0.4 is 9.47 Å². The molecule has 0 amide bonds. The molecule has 0 radical (unpaired) electrons. The number of Topliss-reactive ketones (excluding diaryl/α,β-unsaturated/α-hetero) is 2. The van der Waals surface area contributed by atoms with Crippen LogP contribution in [0.2, 0.25) is 5.02 Å². The first kappa shape index (κ1) is 28.9. The molecule has 2 aliphatic carbocycles. The Bertz CT molecular complexity index is 1310. The van der Waals surface area contributed by atoms with E-state index in [0.29, 0.717) is 49.2 Å². The molecule has 0 unspecified atom stereocenters. The summed E-state index contributed by atoms with van der Waals surface area (Å²) in [4.78, 5) is 29.4. The number of methoxy groups -OCH3 is 1. The number of halogens is 2. The molecule has 8 heteroatoms. The van der Waals surface area contributed by atoms with Crippen LogP contribution in [0.25, 0.3) is 0 Å². The van der Waals surface area contributed by atoms with Crippen molar-refractivity contribution in [2.45, 2.75) is 64.4 Å². The molecule has 0 saturated carbocycles. The van der Waals surface area contributed by atoms with Crippen molar-refractivity contribution in [1.82, 2.24) is 4.90 Å². The van der Waals surface area contributed by atoms with E-state index in [-0.39, 0.29) is 11.6 Å². The number of benzene rings is 2. The van der Waals surface area contributed by atoms with Crippen LogP contribution in [0.4, 0.5) is 0 Å². The van der Waals surface area contributed by atoms with Crippen molar-refractivity contribution in [3.8, 4) is 11.5 Å². The number of allylic oxidation sites excluding steroid dienone is 4. The Hall–Kier alpha value is -2.61. The smallest absolute Gasteiger partial charge is 0.180 e. The van der Waals surface area contributed by atoms with Crippen LogP contribution in [-0.2, 0) is 20.9 Å². The van der Waals surface area contributed by atoms with E-state index in [9.17, 15) is 9.59 Å². The Morgan fingerprint density at radius 3 is 2.20 bits per heavy atom. The van der Waals surface area contributed by atoms with Crippen LogP contribution in [0.15, 0.2) is 63.4 Å². The minimum atomic E-state index is -0.457. The van der Waals surface area contributed by atoms with Gasteiger partial charge in [0.15, 0.2) is 23.1 Å². The van der Waals surface area contributed by atoms with Crippen molar-refractivity contribution in [2.75, 3.05) is 26.9 Å². The second-order valence-electron chi connectivity index (χ2n) is 10.4. The van der Waals surface area contributed by atoms with E-state index in [4.69, 9.17) is 25.8 Å². The Labute approximate surface area is 249 Å². The molecule has 6 nitrogen and oxygen atoms in total.